The fraction of sp³-hybridized carbons (Fsp3) is 0.429. The summed E-state index contributed by atoms with van der Waals surface area (Å²) in [6.45, 7) is 8.72. The van der Waals surface area contributed by atoms with Crippen LogP contribution in [0.5, 0.6) is 11.5 Å². The van der Waals surface area contributed by atoms with Crippen molar-refractivity contribution in [3.63, 3.8) is 0 Å². The molecule has 2 rings (SSSR count). The minimum Gasteiger partial charge on any atom is -0.508 e. The molecule has 0 amide bonds. The van der Waals surface area contributed by atoms with Crippen molar-refractivity contribution >= 4 is 9.03 Å². The van der Waals surface area contributed by atoms with E-state index in [0.717, 1.165) is 28.9 Å². The molecule has 0 fully saturated rings. The van der Waals surface area contributed by atoms with Gasteiger partial charge in [-0.25, -0.2) is 4.89 Å². The summed E-state index contributed by atoms with van der Waals surface area (Å²) in [5.74, 6) is 1.38. The summed E-state index contributed by atoms with van der Waals surface area (Å²) in [6, 6.07) is 9.83. The summed E-state index contributed by atoms with van der Waals surface area (Å²) in [4.78, 5) is 4.91. The molecule has 148 valence electrons. The highest BCUT2D eigenvalue weighted by Crippen LogP contribution is 2.31. The molecule has 0 aliphatic rings. The summed E-state index contributed by atoms with van der Waals surface area (Å²) in [6.07, 6.45) is 1.34. The normalized spacial score (nSPS) is 11.6. The van der Waals surface area contributed by atoms with Crippen LogP contribution >= 0.6 is 9.03 Å². The number of rotatable bonds is 10. The molecule has 0 bridgehead atoms. The summed E-state index contributed by atoms with van der Waals surface area (Å²) < 4.78 is 10.6. The van der Waals surface area contributed by atoms with E-state index >= 15 is 0 Å². The van der Waals surface area contributed by atoms with Crippen molar-refractivity contribution in [1.82, 2.24) is 0 Å². The maximum Gasteiger partial charge on any atom is 0.250 e. The van der Waals surface area contributed by atoms with Crippen LogP contribution in [0.2, 0.25) is 0 Å². The highest BCUT2D eigenvalue weighted by Gasteiger charge is 2.11. The van der Waals surface area contributed by atoms with Gasteiger partial charge in [-0.1, -0.05) is 26.0 Å². The lowest BCUT2D eigenvalue weighted by Crippen LogP contribution is -1.99. The Labute approximate surface area is 163 Å². The van der Waals surface area contributed by atoms with Crippen LogP contribution in [0.1, 0.15) is 54.0 Å². The Morgan fingerprint density at radius 2 is 1.78 bits per heavy atom. The van der Waals surface area contributed by atoms with E-state index in [-0.39, 0.29) is 21.6 Å². The molecular formula is C21H29O5P. The smallest absolute Gasteiger partial charge is 0.250 e. The molecule has 0 aromatic heterocycles. The molecule has 0 aliphatic carbocycles. The first-order valence-electron chi connectivity index (χ1n) is 9.15. The van der Waals surface area contributed by atoms with Crippen molar-refractivity contribution in [2.75, 3.05) is 13.2 Å². The first kappa shape index (κ1) is 21.6. The minimum absolute atomic E-state index is 0.0763. The van der Waals surface area contributed by atoms with Gasteiger partial charge in [-0.15, -0.1) is 0 Å². The SMILES string of the molecule is Cc1cc(OPOOCCCO)cc(C)c1Cc1ccc(O)c(C(C)C)c1. The molecule has 1 atom stereocenters. The van der Waals surface area contributed by atoms with Gasteiger partial charge in [0.1, 0.15) is 11.5 Å². The fourth-order valence-electron chi connectivity index (χ4n) is 2.93. The summed E-state index contributed by atoms with van der Waals surface area (Å²) in [5.41, 5.74) is 5.71. The van der Waals surface area contributed by atoms with Crippen molar-refractivity contribution in [3.8, 4) is 11.5 Å². The van der Waals surface area contributed by atoms with E-state index < -0.39 is 0 Å². The lowest BCUT2D eigenvalue weighted by Gasteiger charge is -2.15. The van der Waals surface area contributed by atoms with Crippen LogP contribution in [0.4, 0.5) is 0 Å². The Kier molecular flexibility index (Phi) is 8.52. The number of aliphatic hydroxyl groups is 1. The minimum atomic E-state index is -0.254. The molecular weight excluding hydrogens is 363 g/mol. The van der Waals surface area contributed by atoms with Crippen molar-refractivity contribution in [3.05, 3.63) is 58.1 Å². The van der Waals surface area contributed by atoms with E-state index in [0.29, 0.717) is 18.8 Å². The van der Waals surface area contributed by atoms with Crippen LogP contribution in [0.15, 0.2) is 30.3 Å². The molecule has 1 unspecified atom stereocenters. The zero-order chi connectivity index (χ0) is 19.8. The van der Waals surface area contributed by atoms with Crippen molar-refractivity contribution in [1.29, 1.82) is 0 Å². The Balaban J connectivity index is 2.03. The number of benzene rings is 2. The molecule has 0 saturated heterocycles. The summed E-state index contributed by atoms with van der Waals surface area (Å²) in [7, 11) is -0.254. The van der Waals surface area contributed by atoms with Gasteiger partial charge in [0.15, 0.2) is 0 Å². The standard InChI is InChI=1S/C21H29O5P/c1-14(2)19-12-17(6-7-21(19)23)13-20-15(3)10-18(11-16(20)4)25-27-26-24-9-5-8-22/h6-7,10-12,14,22-23,27H,5,8-9,13H2,1-4H3. The molecule has 0 heterocycles. The Hall–Kier alpha value is -1.65. The van der Waals surface area contributed by atoms with Crippen LogP contribution in [0, 0.1) is 13.8 Å². The van der Waals surface area contributed by atoms with E-state index in [1.807, 2.05) is 18.2 Å². The lowest BCUT2D eigenvalue weighted by atomic mass is 9.93. The van der Waals surface area contributed by atoms with Gasteiger partial charge in [-0.05, 0) is 78.6 Å². The van der Waals surface area contributed by atoms with Gasteiger partial charge in [-0.2, -0.15) is 4.67 Å². The Morgan fingerprint density at radius 3 is 2.41 bits per heavy atom. The van der Waals surface area contributed by atoms with Crippen LogP contribution in [-0.4, -0.2) is 23.4 Å². The Morgan fingerprint density at radius 1 is 1.07 bits per heavy atom. The fourth-order valence-corrected chi connectivity index (χ4v) is 3.31. The molecule has 0 radical (unpaired) electrons. The number of aromatic hydroxyl groups is 1. The quantitative estimate of drug-likeness (QED) is 0.259. The van der Waals surface area contributed by atoms with Gasteiger partial charge in [0.2, 0.25) is 9.03 Å². The average Bonchev–Trinajstić information content (AvgIpc) is 2.62. The number of aliphatic hydroxyl groups excluding tert-OH is 1. The molecule has 5 nitrogen and oxygen atoms in total. The number of phenols is 1. The number of phenolic OH excluding ortho intramolecular Hbond substituents is 1. The highest BCUT2D eigenvalue weighted by atomic mass is 31.1. The molecule has 27 heavy (non-hydrogen) atoms. The third-order valence-electron chi connectivity index (χ3n) is 4.40. The largest absolute Gasteiger partial charge is 0.508 e. The van der Waals surface area contributed by atoms with Gasteiger partial charge in [-0.3, -0.25) is 0 Å². The van der Waals surface area contributed by atoms with Crippen LogP contribution in [0.3, 0.4) is 0 Å². The monoisotopic (exact) mass is 392 g/mol. The number of hydrogen-bond acceptors (Lipinski definition) is 5. The van der Waals surface area contributed by atoms with Crippen molar-refractivity contribution in [2.24, 2.45) is 0 Å². The van der Waals surface area contributed by atoms with Gasteiger partial charge < -0.3 is 14.7 Å². The highest BCUT2D eigenvalue weighted by molar-refractivity contribution is 7.26. The second kappa shape index (κ2) is 10.6. The third kappa shape index (κ3) is 6.47. The first-order valence-corrected chi connectivity index (χ1v) is 9.97. The predicted octanol–water partition coefficient (Wildman–Crippen LogP) is 4.94. The first-order chi connectivity index (χ1) is 12.9. The average molecular weight is 392 g/mol. The van der Waals surface area contributed by atoms with Crippen LogP contribution in [0.25, 0.3) is 0 Å². The zero-order valence-electron chi connectivity index (χ0n) is 16.4. The molecule has 0 aliphatic heterocycles. The molecule has 0 saturated carbocycles. The van der Waals surface area contributed by atoms with Gasteiger partial charge in [0.25, 0.3) is 0 Å². The van der Waals surface area contributed by atoms with E-state index in [1.165, 1.54) is 11.1 Å². The van der Waals surface area contributed by atoms with Gasteiger partial charge >= 0.3 is 0 Å². The number of hydrogen-bond donors (Lipinski definition) is 2. The maximum atomic E-state index is 10.0. The summed E-state index contributed by atoms with van der Waals surface area (Å²) >= 11 is 0. The summed E-state index contributed by atoms with van der Waals surface area (Å²) in [5, 5.41) is 18.7. The second-order valence-electron chi connectivity index (χ2n) is 6.93. The van der Waals surface area contributed by atoms with Crippen molar-refractivity contribution in [2.45, 2.75) is 46.5 Å². The molecule has 2 aromatic rings. The van der Waals surface area contributed by atoms with E-state index in [9.17, 15) is 5.11 Å². The van der Waals surface area contributed by atoms with Crippen LogP contribution in [-0.2, 0) is 16.0 Å². The van der Waals surface area contributed by atoms with Crippen LogP contribution < -0.4 is 4.52 Å². The topological polar surface area (TPSA) is 68.2 Å². The maximum absolute atomic E-state index is 10.0. The van der Waals surface area contributed by atoms with Gasteiger partial charge in [0.05, 0.1) is 6.61 Å². The molecule has 2 aromatic carbocycles. The molecule has 0 spiro atoms. The zero-order valence-corrected chi connectivity index (χ0v) is 17.4. The number of aryl methyl sites for hydroxylation is 2. The van der Waals surface area contributed by atoms with E-state index in [1.54, 1.807) is 6.07 Å². The third-order valence-corrected chi connectivity index (χ3v) is 4.91. The lowest BCUT2D eigenvalue weighted by molar-refractivity contribution is -0.202. The predicted molar refractivity (Wildman–Crippen MR) is 109 cm³/mol. The second-order valence-corrected chi connectivity index (χ2v) is 7.47. The van der Waals surface area contributed by atoms with Crippen molar-refractivity contribution < 1.29 is 24.3 Å². The van der Waals surface area contributed by atoms with Gasteiger partial charge in [0, 0.05) is 6.61 Å². The molecule has 2 N–H and O–H groups in total. The Bertz CT molecular complexity index is 722. The molecule has 6 heteroatoms. The van der Waals surface area contributed by atoms with E-state index in [2.05, 4.69) is 33.8 Å². The van der Waals surface area contributed by atoms with E-state index in [4.69, 9.17) is 19.2 Å².